The van der Waals surface area contributed by atoms with Crippen LogP contribution < -0.4 is 4.74 Å². The van der Waals surface area contributed by atoms with Gasteiger partial charge in [-0.15, -0.1) is 0 Å². The molecular weight excluding hydrogens is 309 g/mol. The number of carbonyl (C=O) groups excluding carboxylic acids is 1. The Hall–Kier alpha value is -2.95. The van der Waals surface area contributed by atoms with E-state index in [4.69, 9.17) is 6.57 Å². The van der Waals surface area contributed by atoms with Crippen molar-refractivity contribution in [2.75, 3.05) is 0 Å². The fraction of sp³-hybridized carbons (Fsp3) is 0. The van der Waals surface area contributed by atoms with Crippen LogP contribution in [0.2, 0.25) is 0 Å². The third-order valence-corrected chi connectivity index (χ3v) is 2.60. The molecule has 0 amide bonds. The van der Waals surface area contributed by atoms with E-state index in [1.54, 1.807) is 0 Å². The molecule has 0 radical (unpaired) electrons. The summed E-state index contributed by atoms with van der Waals surface area (Å²) in [5.74, 6) is -14.3. The largest absolute Gasteiger partial charge is 0.416 e. The molecule has 0 aliphatic rings. The molecule has 2 rings (SSSR count). The van der Waals surface area contributed by atoms with Gasteiger partial charge in [-0.2, -0.15) is 8.78 Å². The van der Waals surface area contributed by atoms with E-state index in [2.05, 4.69) is 9.58 Å². The van der Waals surface area contributed by atoms with E-state index in [0.29, 0.717) is 0 Å². The van der Waals surface area contributed by atoms with Crippen molar-refractivity contribution in [3.63, 3.8) is 0 Å². The number of carbonyl (C=O) groups is 1. The summed E-state index contributed by atoms with van der Waals surface area (Å²) in [6, 6.07) is 4.67. The minimum absolute atomic E-state index is 0.188. The highest BCUT2D eigenvalue weighted by Gasteiger charge is 2.28. The van der Waals surface area contributed by atoms with Gasteiger partial charge in [0.15, 0.2) is 5.69 Å². The monoisotopic (exact) mass is 313 g/mol. The third kappa shape index (κ3) is 2.61. The topological polar surface area (TPSA) is 30.7 Å². The van der Waals surface area contributed by atoms with Crippen LogP contribution in [0.15, 0.2) is 24.3 Å². The van der Waals surface area contributed by atoms with Crippen LogP contribution in [-0.4, -0.2) is 5.97 Å². The SMILES string of the molecule is [C-]#[N+]c1ccc(C(=O)Oc2c(F)c(F)c(F)c(F)c2F)cc1. The molecule has 0 bridgehead atoms. The Morgan fingerprint density at radius 3 is 1.77 bits per heavy atom. The summed E-state index contributed by atoms with van der Waals surface area (Å²) in [5, 5.41) is 0. The lowest BCUT2D eigenvalue weighted by Gasteiger charge is -2.08. The number of benzene rings is 2. The molecule has 0 saturated carbocycles. The minimum Gasteiger partial charge on any atom is -0.416 e. The van der Waals surface area contributed by atoms with Crippen molar-refractivity contribution < 1.29 is 31.5 Å². The zero-order chi connectivity index (χ0) is 16.4. The van der Waals surface area contributed by atoms with E-state index in [9.17, 15) is 26.7 Å². The van der Waals surface area contributed by atoms with E-state index >= 15 is 0 Å². The lowest BCUT2D eigenvalue weighted by atomic mass is 10.2. The first-order valence-electron chi connectivity index (χ1n) is 5.58. The minimum atomic E-state index is -2.35. The molecule has 0 aliphatic heterocycles. The van der Waals surface area contributed by atoms with Crippen LogP contribution in [0.4, 0.5) is 27.6 Å². The van der Waals surface area contributed by atoms with Gasteiger partial charge in [0.05, 0.1) is 12.1 Å². The lowest BCUT2D eigenvalue weighted by molar-refractivity contribution is 0.0716. The number of rotatable bonds is 2. The van der Waals surface area contributed by atoms with Crippen LogP contribution in [0, 0.1) is 35.7 Å². The van der Waals surface area contributed by atoms with Gasteiger partial charge in [-0.05, 0) is 0 Å². The summed E-state index contributed by atoms with van der Waals surface area (Å²) in [4.78, 5) is 14.7. The average molecular weight is 313 g/mol. The molecule has 8 heteroatoms. The summed E-state index contributed by atoms with van der Waals surface area (Å²) in [7, 11) is 0. The average Bonchev–Trinajstić information content (AvgIpc) is 2.55. The Balaban J connectivity index is 2.38. The molecular formula is C14H4F5NO2. The molecule has 0 aromatic heterocycles. The van der Waals surface area contributed by atoms with Crippen molar-refractivity contribution in [1.29, 1.82) is 0 Å². The van der Waals surface area contributed by atoms with Crippen LogP contribution in [-0.2, 0) is 0 Å². The van der Waals surface area contributed by atoms with Crippen molar-refractivity contribution >= 4 is 11.7 Å². The van der Waals surface area contributed by atoms with Crippen LogP contribution in [0.1, 0.15) is 10.4 Å². The van der Waals surface area contributed by atoms with Crippen LogP contribution in [0.5, 0.6) is 5.75 Å². The summed E-state index contributed by atoms with van der Waals surface area (Å²) in [5.41, 5.74) is -0.0378. The fourth-order valence-electron chi connectivity index (χ4n) is 1.50. The van der Waals surface area contributed by atoms with E-state index in [1.807, 2.05) is 0 Å². The van der Waals surface area contributed by atoms with Gasteiger partial charge in [-0.25, -0.2) is 22.8 Å². The van der Waals surface area contributed by atoms with Gasteiger partial charge in [0, 0.05) is 0 Å². The molecule has 3 nitrogen and oxygen atoms in total. The smallest absolute Gasteiger partial charge is 0.343 e. The van der Waals surface area contributed by atoms with Gasteiger partial charge in [-0.3, -0.25) is 0 Å². The molecule has 0 N–H and O–H groups in total. The second-order valence-electron chi connectivity index (χ2n) is 3.95. The van der Waals surface area contributed by atoms with E-state index in [-0.39, 0.29) is 11.3 Å². The predicted molar refractivity (Wildman–Crippen MR) is 63.9 cm³/mol. The van der Waals surface area contributed by atoms with Gasteiger partial charge in [-0.1, -0.05) is 24.3 Å². The highest BCUT2D eigenvalue weighted by atomic mass is 19.2. The molecule has 0 fully saturated rings. The maximum Gasteiger partial charge on any atom is 0.343 e. The first-order chi connectivity index (χ1) is 10.4. The number of nitrogens with zero attached hydrogens (tertiary/aromatic N) is 1. The first-order valence-corrected chi connectivity index (χ1v) is 5.58. The number of hydrogen-bond donors (Lipinski definition) is 0. The van der Waals surface area contributed by atoms with E-state index < -0.39 is 40.8 Å². The van der Waals surface area contributed by atoms with Gasteiger partial charge < -0.3 is 4.74 Å². The standard InChI is InChI=1S/C14H4F5NO2/c1-20-7-4-2-6(3-5-7)14(21)22-13-11(18)9(16)8(15)10(17)12(13)19/h2-5H. The molecule has 2 aromatic rings. The Kier molecular flexibility index (Phi) is 4.08. The van der Waals surface area contributed by atoms with E-state index in [1.165, 1.54) is 12.1 Å². The molecule has 0 heterocycles. The van der Waals surface area contributed by atoms with Crippen LogP contribution >= 0.6 is 0 Å². The van der Waals surface area contributed by atoms with Crippen molar-refractivity contribution in [1.82, 2.24) is 0 Å². The summed E-state index contributed by atoms with van der Waals surface area (Å²) >= 11 is 0. The molecule has 22 heavy (non-hydrogen) atoms. The third-order valence-electron chi connectivity index (χ3n) is 2.60. The maximum absolute atomic E-state index is 13.4. The predicted octanol–water partition coefficient (Wildman–Crippen LogP) is 4.15. The normalized spacial score (nSPS) is 10.2. The summed E-state index contributed by atoms with van der Waals surface area (Å²) in [6.07, 6.45) is 0. The Labute approximate surface area is 120 Å². The zero-order valence-electron chi connectivity index (χ0n) is 10.5. The van der Waals surface area contributed by atoms with Gasteiger partial charge in [0.25, 0.3) is 0 Å². The van der Waals surface area contributed by atoms with Crippen molar-refractivity contribution in [2.45, 2.75) is 0 Å². The molecule has 0 atom stereocenters. The highest BCUT2D eigenvalue weighted by molar-refractivity contribution is 5.91. The molecule has 0 saturated heterocycles. The van der Waals surface area contributed by atoms with Gasteiger partial charge >= 0.3 is 5.97 Å². The Bertz CT molecular complexity index is 767. The number of esters is 1. The van der Waals surface area contributed by atoms with E-state index in [0.717, 1.165) is 12.1 Å². The molecule has 0 aliphatic carbocycles. The first kappa shape index (κ1) is 15.4. The van der Waals surface area contributed by atoms with Crippen molar-refractivity contribution in [3.8, 4) is 5.75 Å². The molecule has 2 aromatic carbocycles. The van der Waals surface area contributed by atoms with Gasteiger partial charge in [0.2, 0.25) is 34.8 Å². The van der Waals surface area contributed by atoms with Crippen LogP contribution in [0.25, 0.3) is 4.85 Å². The Morgan fingerprint density at radius 2 is 1.32 bits per heavy atom. The second kappa shape index (κ2) is 5.81. The second-order valence-corrected chi connectivity index (χ2v) is 3.95. The zero-order valence-corrected chi connectivity index (χ0v) is 10.5. The number of hydrogen-bond acceptors (Lipinski definition) is 2. The lowest BCUT2D eigenvalue weighted by Crippen LogP contribution is -2.13. The molecule has 112 valence electrons. The number of ether oxygens (including phenoxy) is 1. The quantitative estimate of drug-likeness (QED) is 0.208. The highest BCUT2D eigenvalue weighted by Crippen LogP contribution is 2.29. The van der Waals surface area contributed by atoms with Crippen molar-refractivity contribution in [2.24, 2.45) is 0 Å². The maximum atomic E-state index is 13.4. The number of halogens is 5. The summed E-state index contributed by atoms with van der Waals surface area (Å²) < 4.78 is 69.7. The fourth-order valence-corrected chi connectivity index (χ4v) is 1.50. The van der Waals surface area contributed by atoms with Crippen LogP contribution in [0.3, 0.4) is 0 Å². The molecule has 0 spiro atoms. The molecule has 0 unspecified atom stereocenters. The Morgan fingerprint density at radius 1 is 0.864 bits per heavy atom. The van der Waals surface area contributed by atoms with Crippen molar-refractivity contribution in [3.05, 3.63) is 70.3 Å². The summed E-state index contributed by atoms with van der Waals surface area (Å²) in [6.45, 7) is 6.72. The van der Waals surface area contributed by atoms with Gasteiger partial charge in [0.1, 0.15) is 0 Å².